The molecular formula is C24H25N3O5S. The molecule has 0 aliphatic carbocycles. The van der Waals surface area contributed by atoms with Gasteiger partial charge in [0.1, 0.15) is 23.7 Å². The van der Waals surface area contributed by atoms with E-state index in [0.29, 0.717) is 11.3 Å². The summed E-state index contributed by atoms with van der Waals surface area (Å²) in [4.78, 5) is 40.7. The first-order valence-corrected chi connectivity index (χ1v) is 11.5. The van der Waals surface area contributed by atoms with Gasteiger partial charge in [0, 0.05) is 25.4 Å². The van der Waals surface area contributed by atoms with Crippen LogP contribution in [0.4, 0.5) is 4.79 Å². The average Bonchev–Trinajstić information content (AvgIpc) is 2.85. The Labute approximate surface area is 196 Å². The van der Waals surface area contributed by atoms with Crippen molar-refractivity contribution < 1.29 is 23.9 Å². The van der Waals surface area contributed by atoms with Crippen molar-refractivity contribution in [2.45, 2.75) is 17.5 Å². The molecule has 33 heavy (non-hydrogen) atoms. The van der Waals surface area contributed by atoms with E-state index in [-0.39, 0.29) is 23.6 Å². The summed E-state index contributed by atoms with van der Waals surface area (Å²) in [5.74, 6) is -0.616. The minimum Gasteiger partial charge on any atom is -0.448 e. The average molecular weight is 468 g/mol. The quantitative estimate of drug-likeness (QED) is 0.514. The highest BCUT2D eigenvalue weighted by molar-refractivity contribution is 8.00. The van der Waals surface area contributed by atoms with Gasteiger partial charge in [0.25, 0.3) is 0 Å². The van der Waals surface area contributed by atoms with Gasteiger partial charge in [0.2, 0.25) is 5.91 Å². The van der Waals surface area contributed by atoms with Crippen LogP contribution in [0.5, 0.6) is 0 Å². The first-order chi connectivity index (χ1) is 15.9. The zero-order valence-electron chi connectivity index (χ0n) is 18.3. The van der Waals surface area contributed by atoms with Crippen LogP contribution in [0.2, 0.25) is 0 Å². The molecule has 9 heteroatoms. The highest BCUT2D eigenvalue weighted by Crippen LogP contribution is 2.40. The van der Waals surface area contributed by atoms with Crippen LogP contribution < -0.4 is 5.73 Å². The van der Waals surface area contributed by atoms with E-state index in [2.05, 4.69) is 0 Å². The third-order valence-electron chi connectivity index (χ3n) is 5.45. The molecule has 0 saturated carbocycles. The largest absolute Gasteiger partial charge is 0.448 e. The number of carbonyl (C=O) groups is 3. The van der Waals surface area contributed by atoms with E-state index in [1.54, 1.807) is 14.1 Å². The maximum absolute atomic E-state index is 13.5. The van der Waals surface area contributed by atoms with Crippen LogP contribution in [0.25, 0.3) is 0 Å². The number of hydrogen-bond acceptors (Lipinski definition) is 7. The standard InChI is InChI=1S/C24H25N3O5S/c1-26(2)24(30)31-13-17-14-33-22-18(25)21(28)27(22)19(17)23(29)32-20(15-9-5-3-6-10-15)16-11-7-4-8-12-16/h3-12,18,20,22H,13-14,25H2,1-2H3/t18-,22-/m1/s1. The molecule has 2 heterocycles. The van der Waals surface area contributed by atoms with Crippen molar-refractivity contribution in [1.29, 1.82) is 0 Å². The lowest BCUT2D eigenvalue weighted by Gasteiger charge is -2.48. The Kier molecular flexibility index (Phi) is 6.71. The molecular weight excluding hydrogens is 442 g/mol. The number of benzene rings is 2. The van der Waals surface area contributed by atoms with Gasteiger partial charge in [-0.15, -0.1) is 11.8 Å². The molecule has 1 saturated heterocycles. The number of esters is 1. The van der Waals surface area contributed by atoms with Gasteiger partial charge < -0.3 is 20.1 Å². The highest BCUT2D eigenvalue weighted by Gasteiger charge is 2.52. The normalized spacial score (nSPS) is 19.6. The third kappa shape index (κ3) is 4.60. The number of amides is 2. The summed E-state index contributed by atoms with van der Waals surface area (Å²) >= 11 is 1.44. The van der Waals surface area contributed by atoms with E-state index >= 15 is 0 Å². The van der Waals surface area contributed by atoms with Crippen molar-refractivity contribution in [3.8, 4) is 0 Å². The van der Waals surface area contributed by atoms with Gasteiger partial charge in [-0.05, 0) is 11.1 Å². The van der Waals surface area contributed by atoms with Gasteiger partial charge in [0.15, 0.2) is 6.10 Å². The highest BCUT2D eigenvalue weighted by atomic mass is 32.2. The predicted molar refractivity (Wildman–Crippen MR) is 124 cm³/mol. The van der Waals surface area contributed by atoms with Gasteiger partial charge in [-0.1, -0.05) is 60.7 Å². The molecule has 0 bridgehead atoms. The summed E-state index contributed by atoms with van der Waals surface area (Å²) in [6.45, 7) is -0.123. The van der Waals surface area contributed by atoms with E-state index in [4.69, 9.17) is 15.2 Å². The smallest absolute Gasteiger partial charge is 0.409 e. The number of thioether (sulfide) groups is 1. The van der Waals surface area contributed by atoms with Gasteiger partial charge in [-0.25, -0.2) is 9.59 Å². The summed E-state index contributed by atoms with van der Waals surface area (Å²) in [7, 11) is 3.14. The lowest BCUT2D eigenvalue weighted by Crippen LogP contribution is -2.68. The lowest BCUT2D eigenvalue weighted by molar-refractivity contribution is -0.153. The summed E-state index contributed by atoms with van der Waals surface area (Å²) in [6, 6.07) is 18.1. The summed E-state index contributed by atoms with van der Waals surface area (Å²) < 4.78 is 11.3. The van der Waals surface area contributed by atoms with E-state index in [0.717, 1.165) is 11.1 Å². The molecule has 0 unspecified atom stereocenters. The Morgan fingerprint density at radius 2 is 1.67 bits per heavy atom. The lowest BCUT2D eigenvalue weighted by atomic mass is 10.0. The number of carbonyl (C=O) groups excluding carboxylic acids is 3. The Morgan fingerprint density at radius 3 is 2.21 bits per heavy atom. The van der Waals surface area contributed by atoms with Gasteiger partial charge in [0.05, 0.1) is 0 Å². The molecule has 8 nitrogen and oxygen atoms in total. The van der Waals surface area contributed by atoms with Crippen LogP contribution in [0.15, 0.2) is 71.9 Å². The molecule has 0 radical (unpaired) electrons. The number of fused-ring (bicyclic) bond motifs is 1. The fourth-order valence-corrected chi connectivity index (χ4v) is 4.98. The van der Waals surface area contributed by atoms with Crippen molar-refractivity contribution in [2.24, 2.45) is 5.73 Å². The molecule has 2 atom stereocenters. The number of nitrogens with zero attached hydrogens (tertiary/aromatic N) is 2. The molecule has 2 aromatic carbocycles. The third-order valence-corrected chi connectivity index (χ3v) is 6.81. The van der Waals surface area contributed by atoms with E-state index in [1.165, 1.54) is 21.6 Å². The second-order valence-electron chi connectivity index (χ2n) is 7.94. The Morgan fingerprint density at radius 1 is 1.09 bits per heavy atom. The molecule has 0 aromatic heterocycles. The monoisotopic (exact) mass is 467 g/mol. The molecule has 1 fully saturated rings. The Balaban J connectivity index is 1.66. The van der Waals surface area contributed by atoms with Crippen molar-refractivity contribution >= 4 is 29.7 Å². The number of rotatable bonds is 6. The molecule has 172 valence electrons. The number of hydrogen-bond donors (Lipinski definition) is 1. The van der Waals surface area contributed by atoms with Crippen molar-refractivity contribution in [1.82, 2.24) is 9.80 Å². The zero-order valence-corrected chi connectivity index (χ0v) is 19.2. The minimum atomic E-state index is -0.678. The second-order valence-corrected chi connectivity index (χ2v) is 9.05. The maximum atomic E-state index is 13.5. The van der Waals surface area contributed by atoms with Crippen molar-refractivity contribution in [3.63, 3.8) is 0 Å². The van der Waals surface area contributed by atoms with E-state index in [1.807, 2.05) is 60.7 Å². The van der Waals surface area contributed by atoms with Crippen LogP contribution >= 0.6 is 11.8 Å². The zero-order chi connectivity index (χ0) is 23.5. The predicted octanol–water partition coefficient (Wildman–Crippen LogP) is 2.51. The van der Waals surface area contributed by atoms with E-state index in [9.17, 15) is 14.4 Å². The van der Waals surface area contributed by atoms with Crippen LogP contribution in [0.1, 0.15) is 17.2 Å². The maximum Gasteiger partial charge on any atom is 0.409 e. The fourth-order valence-electron chi connectivity index (χ4n) is 3.70. The first kappa shape index (κ1) is 22.9. The SMILES string of the molecule is CN(C)C(=O)OCC1=C(C(=O)OC(c2ccccc2)c2ccccc2)N2C(=O)[C@@H](N)[C@H]2SC1. The molecule has 2 aliphatic rings. The van der Waals surface area contributed by atoms with Crippen LogP contribution in [0.3, 0.4) is 0 Å². The van der Waals surface area contributed by atoms with Crippen molar-refractivity contribution in [3.05, 3.63) is 83.1 Å². The molecule has 2 amide bonds. The van der Waals surface area contributed by atoms with Crippen LogP contribution in [-0.4, -0.2) is 65.6 Å². The molecule has 2 aliphatic heterocycles. The summed E-state index contributed by atoms with van der Waals surface area (Å²) in [5.41, 5.74) is 8.16. The molecule has 4 rings (SSSR count). The van der Waals surface area contributed by atoms with Crippen LogP contribution in [-0.2, 0) is 19.1 Å². The van der Waals surface area contributed by atoms with E-state index < -0.39 is 24.2 Å². The number of β-lactam (4-membered cyclic amide) rings is 1. The Hall–Kier alpha value is -3.30. The molecule has 2 N–H and O–H groups in total. The Bertz CT molecular complexity index is 1030. The van der Waals surface area contributed by atoms with Gasteiger partial charge >= 0.3 is 12.1 Å². The first-order valence-electron chi connectivity index (χ1n) is 10.5. The topological polar surface area (TPSA) is 102 Å². The minimum absolute atomic E-state index is 0.105. The summed E-state index contributed by atoms with van der Waals surface area (Å²) in [5, 5.41) is -0.347. The van der Waals surface area contributed by atoms with Crippen LogP contribution in [0, 0.1) is 0 Å². The molecule has 0 spiro atoms. The number of nitrogens with two attached hydrogens (primary N) is 1. The fraction of sp³-hybridized carbons (Fsp3) is 0.292. The van der Waals surface area contributed by atoms with Crippen molar-refractivity contribution in [2.75, 3.05) is 26.5 Å². The summed E-state index contributed by atoms with van der Waals surface area (Å²) in [6.07, 6.45) is -1.21. The number of ether oxygens (including phenoxy) is 2. The van der Waals surface area contributed by atoms with Gasteiger partial charge in [-0.2, -0.15) is 0 Å². The molecule has 2 aromatic rings. The second kappa shape index (κ2) is 9.68. The van der Waals surface area contributed by atoms with Gasteiger partial charge in [-0.3, -0.25) is 9.69 Å².